The minimum atomic E-state index is -0.469. The fourth-order valence-corrected chi connectivity index (χ4v) is 3.59. The van der Waals surface area contributed by atoms with Gasteiger partial charge in [-0.1, -0.05) is 29.4 Å². The number of carbonyl (C=O) groups excluding carboxylic acids is 1. The summed E-state index contributed by atoms with van der Waals surface area (Å²) >= 11 is 1.27. The number of nitro groups is 1. The van der Waals surface area contributed by atoms with Crippen molar-refractivity contribution in [3.63, 3.8) is 0 Å². The van der Waals surface area contributed by atoms with E-state index in [0.717, 1.165) is 10.3 Å². The van der Waals surface area contributed by atoms with E-state index >= 15 is 0 Å². The van der Waals surface area contributed by atoms with Gasteiger partial charge in [-0.05, 0) is 23.8 Å². The van der Waals surface area contributed by atoms with Crippen molar-refractivity contribution in [1.82, 2.24) is 4.57 Å². The van der Waals surface area contributed by atoms with Crippen LogP contribution in [-0.4, -0.2) is 22.5 Å². The smallest absolute Gasteiger partial charge is 0.271 e. The molecule has 0 N–H and O–H groups in total. The number of carbonyl (C=O) groups is 1. The summed E-state index contributed by atoms with van der Waals surface area (Å²) in [6, 6.07) is 11.7. The SMILES string of the molecule is C#CCn1c(=NC(=O)Cc2ccc(OC)cc2)sc2ccc([N+](=O)[O-])cc21. The van der Waals surface area contributed by atoms with Crippen LogP contribution in [0.25, 0.3) is 10.2 Å². The molecule has 0 spiro atoms. The average molecular weight is 381 g/mol. The van der Waals surface area contributed by atoms with Gasteiger partial charge >= 0.3 is 0 Å². The van der Waals surface area contributed by atoms with E-state index in [2.05, 4.69) is 10.9 Å². The van der Waals surface area contributed by atoms with Crippen LogP contribution < -0.4 is 9.54 Å². The third-order valence-corrected chi connectivity index (χ3v) is 4.92. The maximum atomic E-state index is 12.4. The van der Waals surface area contributed by atoms with Gasteiger partial charge in [-0.15, -0.1) is 6.42 Å². The molecule has 0 aliphatic carbocycles. The van der Waals surface area contributed by atoms with E-state index in [1.54, 1.807) is 42.0 Å². The lowest BCUT2D eigenvalue weighted by Gasteiger charge is -2.01. The number of nitro benzene ring substituents is 1. The Labute approximate surface area is 158 Å². The molecule has 0 aliphatic rings. The number of thiazole rings is 1. The van der Waals surface area contributed by atoms with E-state index in [4.69, 9.17) is 11.2 Å². The fraction of sp³-hybridized carbons (Fsp3) is 0.158. The van der Waals surface area contributed by atoms with Gasteiger partial charge in [0.25, 0.3) is 11.6 Å². The number of rotatable bonds is 5. The van der Waals surface area contributed by atoms with Crippen LogP contribution >= 0.6 is 11.3 Å². The Morgan fingerprint density at radius 1 is 1.33 bits per heavy atom. The van der Waals surface area contributed by atoms with Crippen molar-refractivity contribution in [2.24, 2.45) is 4.99 Å². The minimum absolute atomic E-state index is 0.0396. The number of methoxy groups -OCH3 is 1. The zero-order chi connectivity index (χ0) is 19.4. The summed E-state index contributed by atoms with van der Waals surface area (Å²) in [5.74, 6) is 2.88. The summed E-state index contributed by atoms with van der Waals surface area (Å²) in [4.78, 5) is 27.5. The predicted octanol–water partition coefficient (Wildman–Crippen LogP) is 2.92. The number of hydrogen-bond acceptors (Lipinski definition) is 5. The van der Waals surface area contributed by atoms with Gasteiger partial charge in [0.1, 0.15) is 5.75 Å². The van der Waals surface area contributed by atoms with E-state index in [1.165, 1.54) is 23.5 Å². The molecule has 1 heterocycles. The second-order valence-corrected chi connectivity index (χ2v) is 6.62. The molecule has 1 amide bonds. The standard InChI is InChI=1S/C19H15N3O4S/c1-3-10-21-16-12-14(22(24)25)6-9-17(16)27-19(21)20-18(23)11-13-4-7-15(26-2)8-5-13/h1,4-9,12H,10-11H2,2H3. The van der Waals surface area contributed by atoms with Crippen LogP contribution in [0.3, 0.4) is 0 Å². The Kier molecular flexibility index (Phi) is 5.33. The monoisotopic (exact) mass is 381 g/mol. The Balaban J connectivity index is 1.98. The molecule has 136 valence electrons. The zero-order valence-electron chi connectivity index (χ0n) is 14.4. The van der Waals surface area contributed by atoms with Crippen molar-refractivity contribution in [3.05, 3.63) is 62.9 Å². The Hall–Kier alpha value is -3.44. The Bertz CT molecular complexity index is 1120. The van der Waals surface area contributed by atoms with Crippen LogP contribution in [0.4, 0.5) is 5.69 Å². The van der Waals surface area contributed by atoms with Crippen LogP contribution in [0.5, 0.6) is 5.75 Å². The molecular formula is C19H15N3O4S. The number of ether oxygens (including phenoxy) is 1. The van der Waals surface area contributed by atoms with Gasteiger partial charge in [-0.25, -0.2) is 0 Å². The van der Waals surface area contributed by atoms with Gasteiger partial charge in [0.15, 0.2) is 4.80 Å². The summed E-state index contributed by atoms with van der Waals surface area (Å²) in [6.45, 7) is 0.163. The topological polar surface area (TPSA) is 86.7 Å². The quantitative estimate of drug-likeness (QED) is 0.386. The van der Waals surface area contributed by atoms with Crippen molar-refractivity contribution in [1.29, 1.82) is 0 Å². The average Bonchev–Trinajstić information content (AvgIpc) is 2.99. The molecule has 3 aromatic rings. The van der Waals surface area contributed by atoms with E-state index in [9.17, 15) is 14.9 Å². The fourth-order valence-electron chi connectivity index (χ4n) is 2.56. The first-order valence-corrected chi connectivity index (χ1v) is 8.75. The molecule has 0 fully saturated rings. The second-order valence-electron chi connectivity index (χ2n) is 5.61. The summed E-state index contributed by atoms with van der Waals surface area (Å²) in [5, 5.41) is 11.0. The van der Waals surface area contributed by atoms with Crippen molar-refractivity contribution in [2.45, 2.75) is 13.0 Å². The molecule has 0 radical (unpaired) electrons. The number of terminal acetylenes is 1. The molecule has 0 unspecified atom stereocenters. The molecule has 0 atom stereocenters. The van der Waals surface area contributed by atoms with E-state index < -0.39 is 4.92 Å². The summed E-state index contributed by atoms with van der Waals surface area (Å²) < 4.78 is 7.50. The van der Waals surface area contributed by atoms with Gasteiger partial charge in [0.05, 0.1) is 35.2 Å². The van der Waals surface area contributed by atoms with Crippen LogP contribution in [0.1, 0.15) is 5.56 Å². The van der Waals surface area contributed by atoms with E-state index in [-0.39, 0.29) is 24.6 Å². The third-order valence-electron chi connectivity index (χ3n) is 3.86. The number of fused-ring (bicyclic) bond motifs is 1. The van der Waals surface area contributed by atoms with Crippen molar-refractivity contribution in [3.8, 4) is 18.1 Å². The maximum Gasteiger partial charge on any atom is 0.271 e. The Morgan fingerprint density at radius 2 is 2.07 bits per heavy atom. The van der Waals surface area contributed by atoms with Crippen molar-refractivity contribution in [2.75, 3.05) is 7.11 Å². The molecule has 0 bridgehead atoms. The molecule has 27 heavy (non-hydrogen) atoms. The number of hydrogen-bond donors (Lipinski definition) is 0. The highest BCUT2D eigenvalue weighted by atomic mass is 32.1. The molecule has 2 aromatic carbocycles. The highest BCUT2D eigenvalue weighted by Gasteiger charge is 2.12. The van der Waals surface area contributed by atoms with Crippen molar-refractivity contribution >= 4 is 33.1 Å². The lowest BCUT2D eigenvalue weighted by Crippen LogP contribution is -2.17. The lowest BCUT2D eigenvalue weighted by atomic mass is 10.1. The van der Waals surface area contributed by atoms with Crippen LogP contribution in [-0.2, 0) is 17.8 Å². The first-order valence-electron chi connectivity index (χ1n) is 7.93. The molecule has 3 rings (SSSR count). The predicted molar refractivity (Wildman–Crippen MR) is 103 cm³/mol. The summed E-state index contributed by atoms with van der Waals surface area (Å²) in [5.41, 5.74) is 1.36. The summed E-state index contributed by atoms with van der Waals surface area (Å²) in [6.07, 6.45) is 5.55. The zero-order valence-corrected chi connectivity index (χ0v) is 15.2. The van der Waals surface area contributed by atoms with E-state index in [0.29, 0.717) is 16.1 Å². The highest BCUT2D eigenvalue weighted by molar-refractivity contribution is 7.16. The molecular weight excluding hydrogens is 366 g/mol. The second kappa shape index (κ2) is 7.85. The van der Waals surface area contributed by atoms with Crippen LogP contribution in [0.15, 0.2) is 47.5 Å². The largest absolute Gasteiger partial charge is 0.497 e. The number of amides is 1. The highest BCUT2D eigenvalue weighted by Crippen LogP contribution is 2.23. The van der Waals surface area contributed by atoms with Gasteiger partial charge in [0, 0.05) is 12.1 Å². The summed E-state index contributed by atoms with van der Waals surface area (Å²) in [7, 11) is 1.57. The number of non-ortho nitro benzene ring substituents is 1. The molecule has 1 aromatic heterocycles. The number of benzene rings is 2. The lowest BCUT2D eigenvalue weighted by molar-refractivity contribution is -0.384. The normalized spacial score (nSPS) is 11.3. The molecule has 8 heteroatoms. The minimum Gasteiger partial charge on any atom is -0.497 e. The molecule has 0 saturated carbocycles. The molecule has 7 nitrogen and oxygen atoms in total. The van der Waals surface area contributed by atoms with Gasteiger partial charge in [-0.3, -0.25) is 14.9 Å². The first-order chi connectivity index (χ1) is 13.0. The van der Waals surface area contributed by atoms with Gasteiger partial charge < -0.3 is 9.30 Å². The van der Waals surface area contributed by atoms with Crippen molar-refractivity contribution < 1.29 is 14.5 Å². The van der Waals surface area contributed by atoms with Crippen LogP contribution in [0, 0.1) is 22.5 Å². The first kappa shape index (κ1) is 18.4. The molecule has 0 saturated heterocycles. The van der Waals surface area contributed by atoms with E-state index in [1.807, 2.05) is 0 Å². The van der Waals surface area contributed by atoms with Gasteiger partial charge in [0.2, 0.25) is 0 Å². The van der Waals surface area contributed by atoms with Gasteiger partial charge in [-0.2, -0.15) is 4.99 Å². The Morgan fingerprint density at radius 3 is 2.70 bits per heavy atom. The maximum absolute atomic E-state index is 12.4. The molecule has 0 aliphatic heterocycles. The third kappa shape index (κ3) is 4.04. The van der Waals surface area contributed by atoms with Crippen LogP contribution in [0.2, 0.25) is 0 Å². The number of nitrogens with zero attached hydrogens (tertiary/aromatic N) is 3. The number of aromatic nitrogens is 1.